The van der Waals surface area contributed by atoms with Gasteiger partial charge in [0.25, 0.3) is 6.43 Å². The number of hydrogen-bond acceptors (Lipinski definition) is 10. The van der Waals surface area contributed by atoms with Gasteiger partial charge in [0.1, 0.15) is 17.6 Å². The fourth-order valence-electron chi connectivity index (χ4n) is 3.53. The molecule has 1 saturated heterocycles. The highest BCUT2D eigenvalue weighted by molar-refractivity contribution is 7.52. The van der Waals surface area contributed by atoms with Crippen molar-refractivity contribution in [2.75, 3.05) is 12.3 Å². The zero-order valence-corrected chi connectivity index (χ0v) is 21.8. The van der Waals surface area contributed by atoms with E-state index in [9.17, 15) is 28.0 Å². The molecule has 0 amide bonds. The number of aromatic nitrogens is 2. The lowest BCUT2D eigenvalue weighted by Gasteiger charge is -2.32. The monoisotopic (exact) mass is 582 g/mol. The van der Waals surface area contributed by atoms with Gasteiger partial charge in [-0.15, -0.1) is 0 Å². The van der Waals surface area contributed by atoms with E-state index in [0.29, 0.717) is 0 Å². The van der Waals surface area contributed by atoms with E-state index in [1.165, 1.54) is 31.2 Å². The van der Waals surface area contributed by atoms with Gasteiger partial charge in [0, 0.05) is 6.20 Å². The molecule has 0 bridgehead atoms. The van der Waals surface area contributed by atoms with Crippen molar-refractivity contribution in [3.63, 3.8) is 0 Å². The first-order chi connectivity index (χ1) is 18.1. The fourth-order valence-corrected chi connectivity index (χ4v) is 5.06. The molecular weight excluding hydrogens is 555 g/mol. The van der Waals surface area contributed by atoms with Gasteiger partial charge in [0.15, 0.2) is 11.7 Å². The van der Waals surface area contributed by atoms with Gasteiger partial charge in [-0.3, -0.25) is 13.9 Å². The van der Waals surface area contributed by atoms with Crippen LogP contribution in [0.5, 0.6) is 5.75 Å². The van der Waals surface area contributed by atoms with E-state index >= 15 is 8.78 Å². The van der Waals surface area contributed by atoms with Crippen LogP contribution in [0.25, 0.3) is 0 Å². The Morgan fingerprint density at radius 2 is 1.90 bits per heavy atom. The van der Waals surface area contributed by atoms with Crippen LogP contribution in [0.3, 0.4) is 0 Å². The second-order valence-electron chi connectivity index (χ2n) is 8.86. The minimum atomic E-state index is -4.82. The van der Waals surface area contributed by atoms with E-state index in [4.69, 9.17) is 24.3 Å². The number of esters is 1. The van der Waals surface area contributed by atoms with Crippen LogP contribution in [0, 0.1) is 0 Å². The quantitative estimate of drug-likeness (QED) is 0.203. The third-order valence-corrected chi connectivity index (χ3v) is 7.07. The highest BCUT2D eigenvalue weighted by Gasteiger charge is 2.71. The van der Waals surface area contributed by atoms with E-state index in [-0.39, 0.29) is 16.1 Å². The SMILES string of the molecule is CC(C)OC(=O)[C@H](C)NP(=O)(OC[C@@]1(C(F)F)O[C@@H](n2ccc(N)nc2=O)C(F)(F)[C@@H]1O)Oc1ccccc1. The summed E-state index contributed by atoms with van der Waals surface area (Å²) in [5.41, 5.74) is 0.470. The van der Waals surface area contributed by atoms with Crippen LogP contribution in [0.1, 0.15) is 27.0 Å². The topological polar surface area (TPSA) is 164 Å². The number of anilines is 1. The highest BCUT2D eigenvalue weighted by atomic mass is 31.2. The number of halogens is 4. The van der Waals surface area contributed by atoms with Crippen molar-refractivity contribution in [2.24, 2.45) is 0 Å². The third kappa shape index (κ3) is 6.58. The van der Waals surface area contributed by atoms with Gasteiger partial charge < -0.3 is 24.8 Å². The standard InChI is InChI=1S/C22H27F4N4O8P/c1-12(2)36-16(31)13(3)29-39(34,38-14-7-5-4-6-8-14)35-11-21(18(23)24)17(32)22(25,26)19(37-21)30-10-9-15(27)28-20(30)33/h4-10,12-13,17-19,32H,11H2,1-3H3,(H,29,34)(H2,27,28,33)/t13-,17+,19+,21+,39?/m0/s1. The Bertz CT molecular complexity index is 1270. The van der Waals surface area contributed by atoms with Crippen LogP contribution in [-0.4, -0.2) is 63.4 Å². The number of aliphatic hydroxyl groups is 1. The van der Waals surface area contributed by atoms with E-state index in [2.05, 4.69) is 10.1 Å². The van der Waals surface area contributed by atoms with Crippen LogP contribution >= 0.6 is 7.75 Å². The summed E-state index contributed by atoms with van der Waals surface area (Å²) in [6.07, 6.45) is -9.70. The minimum Gasteiger partial charge on any atom is -0.462 e. The van der Waals surface area contributed by atoms with Crippen molar-refractivity contribution in [3.8, 4) is 5.75 Å². The van der Waals surface area contributed by atoms with Crippen molar-refractivity contribution in [1.29, 1.82) is 0 Å². The molecule has 0 radical (unpaired) electrons. The maximum atomic E-state index is 15.1. The molecule has 0 spiro atoms. The number of ether oxygens (including phenoxy) is 2. The van der Waals surface area contributed by atoms with Gasteiger partial charge in [-0.25, -0.2) is 18.1 Å². The van der Waals surface area contributed by atoms with E-state index in [1.807, 2.05) is 0 Å². The molecule has 4 N–H and O–H groups in total. The van der Waals surface area contributed by atoms with Crippen molar-refractivity contribution < 1.29 is 50.5 Å². The number of nitrogens with two attached hydrogens (primary N) is 1. The van der Waals surface area contributed by atoms with Crippen LogP contribution < -0.4 is 21.0 Å². The third-order valence-electron chi connectivity index (χ3n) is 5.45. The van der Waals surface area contributed by atoms with Gasteiger partial charge in [-0.1, -0.05) is 18.2 Å². The van der Waals surface area contributed by atoms with Crippen molar-refractivity contribution in [3.05, 3.63) is 53.1 Å². The summed E-state index contributed by atoms with van der Waals surface area (Å²) in [5, 5.41) is 12.6. The second kappa shape index (κ2) is 11.6. The first-order valence-electron chi connectivity index (χ1n) is 11.5. The van der Waals surface area contributed by atoms with Crippen LogP contribution in [0.15, 0.2) is 47.4 Å². The first kappa shape index (κ1) is 30.5. The number of alkyl halides is 4. The molecule has 1 aromatic heterocycles. The van der Waals surface area contributed by atoms with E-state index in [0.717, 1.165) is 12.3 Å². The molecule has 0 saturated carbocycles. The molecule has 1 aromatic carbocycles. The molecule has 5 atom stereocenters. The van der Waals surface area contributed by atoms with Gasteiger partial charge in [-0.2, -0.15) is 18.9 Å². The van der Waals surface area contributed by atoms with Crippen LogP contribution in [-0.2, 0) is 23.4 Å². The number of para-hydroxylation sites is 1. The lowest BCUT2D eigenvalue weighted by molar-refractivity contribution is -0.193. The predicted octanol–water partition coefficient (Wildman–Crippen LogP) is 2.49. The van der Waals surface area contributed by atoms with Gasteiger partial charge in [-0.05, 0) is 39.0 Å². The Balaban J connectivity index is 1.94. The lowest BCUT2D eigenvalue weighted by atomic mass is 9.96. The Morgan fingerprint density at radius 1 is 1.26 bits per heavy atom. The van der Waals surface area contributed by atoms with Gasteiger partial charge in [0.2, 0.25) is 6.23 Å². The van der Waals surface area contributed by atoms with E-state index < -0.39 is 68.4 Å². The summed E-state index contributed by atoms with van der Waals surface area (Å²) in [6, 6.07) is 6.74. The summed E-state index contributed by atoms with van der Waals surface area (Å²) in [5.74, 6) is -5.82. The number of nitrogen functional groups attached to an aromatic ring is 1. The smallest absolute Gasteiger partial charge is 0.459 e. The molecule has 3 rings (SSSR count). The van der Waals surface area contributed by atoms with Crippen LogP contribution in [0.4, 0.5) is 23.4 Å². The number of carbonyl (C=O) groups excluding carboxylic acids is 1. The zero-order valence-electron chi connectivity index (χ0n) is 20.9. The minimum absolute atomic E-state index is 0.0977. The summed E-state index contributed by atoms with van der Waals surface area (Å²) in [4.78, 5) is 27.6. The van der Waals surface area contributed by atoms with Gasteiger partial charge in [0.05, 0.1) is 12.7 Å². The molecule has 1 aliphatic rings. The lowest BCUT2D eigenvalue weighted by Crippen LogP contribution is -2.54. The number of aliphatic hydroxyl groups excluding tert-OH is 1. The highest BCUT2D eigenvalue weighted by Crippen LogP contribution is 2.53. The fraction of sp³-hybridized carbons (Fsp3) is 0.500. The molecule has 216 valence electrons. The van der Waals surface area contributed by atoms with Gasteiger partial charge >= 0.3 is 25.3 Å². The maximum absolute atomic E-state index is 15.1. The number of nitrogens with zero attached hydrogens (tertiary/aromatic N) is 2. The molecule has 1 unspecified atom stereocenters. The largest absolute Gasteiger partial charge is 0.462 e. The zero-order chi connectivity index (χ0) is 29.2. The summed E-state index contributed by atoms with van der Waals surface area (Å²) in [6.45, 7) is 2.68. The Labute approximate surface area is 219 Å². The molecule has 2 aromatic rings. The van der Waals surface area contributed by atoms with Crippen molar-refractivity contribution in [2.45, 2.75) is 63.2 Å². The molecule has 1 aliphatic heterocycles. The molecule has 12 nitrogen and oxygen atoms in total. The molecular formula is C22H27F4N4O8P. The van der Waals surface area contributed by atoms with Crippen molar-refractivity contribution in [1.82, 2.24) is 14.6 Å². The first-order valence-corrected chi connectivity index (χ1v) is 13.0. The molecule has 1 fully saturated rings. The molecule has 2 heterocycles. The average Bonchev–Trinajstić information content (AvgIpc) is 3.04. The molecule has 0 aliphatic carbocycles. The van der Waals surface area contributed by atoms with Crippen molar-refractivity contribution >= 4 is 19.5 Å². The predicted molar refractivity (Wildman–Crippen MR) is 127 cm³/mol. The summed E-state index contributed by atoms with van der Waals surface area (Å²) < 4.78 is 92.9. The number of nitrogens with one attached hydrogen (secondary N) is 1. The van der Waals surface area contributed by atoms with Crippen LogP contribution in [0.2, 0.25) is 0 Å². The summed E-state index contributed by atoms with van der Waals surface area (Å²) >= 11 is 0. The second-order valence-corrected chi connectivity index (χ2v) is 10.6. The summed E-state index contributed by atoms with van der Waals surface area (Å²) in [7, 11) is -4.82. The number of benzene rings is 1. The maximum Gasteiger partial charge on any atom is 0.459 e. The normalized spacial score (nSPS) is 24.9. The number of carbonyl (C=O) groups is 1. The Morgan fingerprint density at radius 3 is 2.46 bits per heavy atom. The molecule has 39 heavy (non-hydrogen) atoms. The number of rotatable bonds is 11. The average molecular weight is 582 g/mol. The Kier molecular flexibility index (Phi) is 9.07. The molecule has 17 heteroatoms. The van der Waals surface area contributed by atoms with E-state index in [1.54, 1.807) is 19.9 Å². The number of hydrogen-bond donors (Lipinski definition) is 3. The Hall–Kier alpha value is -3.04.